The summed E-state index contributed by atoms with van der Waals surface area (Å²) in [6.45, 7) is 7.87. The van der Waals surface area contributed by atoms with Crippen LogP contribution in [0.4, 0.5) is 0 Å². The van der Waals surface area contributed by atoms with Crippen LogP contribution in [0.5, 0.6) is 0 Å². The molecule has 23 heavy (non-hydrogen) atoms. The zero-order chi connectivity index (χ0) is 16.1. The number of nitrogens with one attached hydrogen (secondary N) is 2. The van der Waals surface area contributed by atoms with E-state index in [-0.39, 0.29) is 5.82 Å². The Labute approximate surface area is 137 Å². The van der Waals surface area contributed by atoms with Gasteiger partial charge in [0.1, 0.15) is 5.82 Å². The summed E-state index contributed by atoms with van der Waals surface area (Å²) < 4.78 is 4.93. The lowest BCUT2D eigenvalue weighted by atomic mass is 9.93. The van der Waals surface area contributed by atoms with E-state index in [0.29, 0.717) is 12.5 Å². The summed E-state index contributed by atoms with van der Waals surface area (Å²) in [6, 6.07) is 0. The number of H-pyrrole nitrogens is 1. The summed E-state index contributed by atoms with van der Waals surface area (Å²) in [5.74, 6) is 1.75. The molecule has 2 saturated heterocycles. The molecule has 0 aliphatic carbocycles. The quantitative estimate of drug-likeness (QED) is 0.792. The number of esters is 1. The smallest absolute Gasteiger partial charge is 0.378 e. The molecule has 2 aliphatic heterocycles. The first-order chi connectivity index (χ1) is 11.3. The molecular weight excluding hydrogens is 294 g/mol. The van der Waals surface area contributed by atoms with Gasteiger partial charge in [0.25, 0.3) is 5.82 Å². The summed E-state index contributed by atoms with van der Waals surface area (Å²) in [5.41, 5.74) is 0. The van der Waals surface area contributed by atoms with Crippen LogP contribution in [0.1, 0.15) is 55.0 Å². The number of hydrogen-bond donors (Lipinski definition) is 2. The average Bonchev–Trinajstić information content (AvgIpc) is 3.07. The van der Waals surface area contributed by atoms with Gasteiger partial charge in [0.15, 0.2) is 0 Å². The van der Waals surface area contributed by atoms with Gasteiger partial charge in [-0.2, -0.15) is 0 Å². The van der Waals surface area contributed by atoms with Crippen molar-refractivity contribution in [3.05, 3.63) is 11.6 Å². The van der Waals surface area contributed by atoms with Crippen molar-refractivity contribution in [2.24, 2.45) is 5.92 Å². The molecule has 3 rings (SSSR count). The minimum absolute atomic E-state index is 0.152. The first kappa shape index (κ1) is 16.4. The molecule has 7 nitrogen and oxygen atoms in total. The molecule has 0 radical (unpaired) electrons. The number of carbonyl (C=O) groups excluding carboxylic acids is 1. The number of likely N-dealkylation sites (tertiary alicyclic amines) is 1. The van der Waals surface area contributed by atoms with Gasteiger partial charge >= 0.3 is 5.97 Å². The second-order valence-corrected chi connectivity index (χ2v) is 6.53. The number of hydrogen-bond acceptors (Lipinski definition) is 6. The van der Waals surface area contributed by atoms with Crippen LogP contribution < -0.4 is 5.32 Å². The van der Waals surface area contributed by atoms with Gasteiger partial charge in [-0.3, -0.25) is 5.10 Å². The van der Waals surface area contributed by atoms with Crippen LogP contribution in [-0.4, -0.2) is 65.4 Å². The van der Waals surface area contributed by atoms with Crippen molar-refractivity contribution in [3.8, 4) is 0 Å². The number of carbonyl (C=O) groups is 1. The van der Waals surface area contributed by atoms with Crippen molar-refractivity contribution >= 4 is 5.97 Å². The lowest BCUT2D eigenvalue weighted by Crippen LogP contribution is -2.40. The second kappa shape index (κ2) is 7.88. The summed E-state index contributed by atoms with van der Waals surface area (Å²) >= 11 is 0. The number of aromatic amines is 1. The monoisotopic (exact) mass is 321 g/mol. The first-order valence-corrected chi connectivity index (χ1v) is 8.78. The predicted octanol–water partition coefficient (Wildman–Crippen LogP) is 1.16. The zero-order valence-corrected chi connectivity index (χ0v) is 13.9. The molecular formula is C16H27N5O2. The number of piperidine rings is 2. The number of nitrogens with zero attached hydrogens (tertiary/aromatic N) is 3. The van der Waals surface area contributed by atoms with E-state index >= 15 is 0 Å². The summed E-state index contributed by atoms with van der Waals surface area (Å²) in [5, 5.41) is 10.3. The summed E-state index contributed by atoms with van der Waals surface area (Å²) in [4.78, 5) is 18.5. The Hall–Kier alpha value is -1.47. The third kappa shape index (κ3) is 4.29. The Morgan fingerprint density at radius 3 is 2.70 bits per heavy atom. The maximum atomic E-state index is 11.6. The van der Waals surface area contributed by atoms with Crippen molar-refractivity contribution in [3.63, 3.8) is 0 Å². The third-order valence-corrected chi connectivity index (χ3v) is 4.91. The molecule has 0 bridgehead atoms. The van der Waals surface area contributed by atoms with Gasteiger partial charge in [-0.25, -0.2) is 9.78 Å². The van der Waals surface area contributed by atoms with Crippen LogP contribution in [0.15, 0.2) is 0 Å². The van der Waals surface area contributed by atoms with E-state index in [2.05, 4.69) is 25.4 Å². The Morgan fingerprint density at radius 2 is 2.00 bits per heavy atom. The Kier molecular flexibility index (Phi) is 5.61. The lowest BCUT2D eigenvalue weighted by molar-refractivity contribution is 0.0512. The van der Waals surface area contributed by atoms with E-state index < -0.39 is 5.97 Å². The molecule has 1 aromatic rings. The van der Waals surface area contributed by atoms with Crippen molar-refractivity contribution < 1.29 is 9.53 Å². The van der Waals surface area contributed by atoms with Gasteiger partial charge in [-0.05, 0) is 64.7 Å². The fourth-order valence-electron chi connectivity index (χ4n) is 3.56. The van der Waals surface area contributed by atoms with Gasteiger partial charge < -0.3 is 15.0 Å². The van der Waals surface area contributed by atoms with Crippen molar-refractivity contribution in [1.82, 2.24) is 25.4 Å². The van der Waals surface area contributed by atoms with Crippen molar-refractivity contribution in [2.45, 2.75) is 38.5 Å². The Morgan fingerprint density at radius 1 is 1.26 bits per heavy atom. The largest absolute Gasteiger partial charge is 0.460 e. The highest BCUT2D eigenvalue weighted by Gasteiger charge is 2.26. The predicted molar refractivity (Wildman–Crippen MR) is 86.3 cm³/mol. The van der Waals surface area contributed by atoms with Crippen LogP contribution >= 0.6 is 0 Å². The molecule has 1 aromatic heterocycles. The van der Waals surface area contributed by atoms with Gasteiger partial charge in [-0.1, -0.05) is 0 Å². The molecule has 2 fully saturated rings. The maximum absolute atomic E-state index is 11.6. The Bertz CT molecular complexity index is 504. The highest BCUT2D eigenvalue weighted by Crippen LogP contribution is 2.26. The third-order valence-electron chi connectivity index (χ3n) is 4.91. The molecule has 0 saturated carbocycles. The van der Waals surface area contributed by atoms with E-state index in [4.69, 9.17) is 4.74 Å². The molecule has 0 spiro atoms. The Balaban J connectivity index is 1.47. The molecule has 0 amide bonds. The number of ether oxygens (including phenoxy) is 1. The fraction of sp³-hybridized carbons (Fsp3) is 0.812. The summed E-state index contributed by atoms with van der Waals surface area (Å²) in [7, 11) is 0. The van der Waals surface area contributed by atoms with E-state index in [0.717, 1.165) is 50.8 Å². The maximum Gasteiger partial charge on any atom is 0.378 e. The van der Waals surface area contributed by atoms with Gasteiger partial charge in [0, 0.05) is 12.5 Å². The lowest BCUT2D eigenvalue weighted by Gasteiger charge is -2.34. The van der Waals surface area contributed by atoms with E-state index in [1.807, 2.05) is 0 Å². The zero-order valence-electron chi connectivity index (χ0n) is 13.9. The highest BCUT2D eigenvalue weighted by molar-refractivity contribution is 5.84. The molecule has 2 N–H and O–H groups in total. The molecule has 128 valence electrons. The molecule has 2 aliphatic rings. The minimum atomic E-state index is -0.446. The van der Waals surface area contributed by atoms with Crippen LogP contribution in [0.3, 0.4) is 0 Å². The van der Waals surface area contributed by atoms with Gasteiger partial charge in [0.2, 0.25) is 0 Å². The molecule has 0 aromatic carbocycles. The topological polar surface area (TPSA) is 83.1 Å². The van der Waals surface area contributed by atoms with E-state index in [1.165, 1.54) is 19.4 Å². The van der Waals surface area contributed by atoms with E-state index in [9.17, 15) is 4.79 Å². The van der Waals surface area contributed by atoms with Crippen LogP contribution in [0.2, 0.25) is 0 Å². The minimum Gasteiger partial charge on any atom is -0.460 e. The van der Waals surface area contributed by atoms with Gasteiger partial charge in [0.05, 0.1) is 6.61 Å². The van der Waals surface area contributed by atoms with E-state index in [1.54, 1.807) is 6.92 Å². The van der Waals surface area contributed by atoms with Crippen molar-refractivity contribution in [2.75, 3.05) is 39.3 Å². The molecule has 0 atom stereocenters. The second-order valence-electron chi connectivity index (χ2n) is 6.53. The van der Waals surface area contributed by atoms with Gasteiger partial charge in [-0.15, -0.1) is 5.10 Å². The average molecular weight is 321 g/mol. The molecule has 0 unspecified atom stereocenters. The van der Waals surface area contributed by atoms with Crippen LogP contribution in [0.25, 0.3) is 0 Å². The van der Waals surface area contributed by atoms with Crippen molar-refractivity contribution in [1.29, 1.82) is 0 Å². The van der Waals surface area contributed by atoms with Crippen LogP contribution in [-0.2, 0) is 4.74 Å². The SMILES string of the molecule is CCOC(=O)c1n[nH]c(C2CCN(CC3CCNCC3)CC2)n1. The highest BCUT2D eigenvalue weighted by atomic mass is 16.5. The normalized spacial score (nSPS) is 21.4. The first-order valence-electron chi connectivity index (χ1n) is 8.78. The standard InChI is InChI=1S/C16H27N5O2/c1-2-23-16(22)15-18-14(19-20-15)13-5-9-21(10-6-13)11-12-3-7-17-8-4-12/h12-13,17H,2-11H2,1H3,(H,18,19,20). The molecule has 7 heteroatoms. The molecule has 3 heterocycles. The van der Waals surface area contributed by atoms with Crippen LogP contribution in [0, 0.1) is 5.92 Å². The number of rotatable bonds is 5. The number of aromatic nitrogens is 3. The summed E-state index contributed by atoms with van der Waals surface area (Å²) in [6.07, 6.45) is 4.74. The fourth-order valence-corrected chi connectivity index (χ4v) is 3.56.